The molecule has 15 atom stereocenters. The summed E-state index contributed by atoms with van der Waals surface area (Å²) in [6, 6.07) is 5.53. The van der Waals surface area contributed by atoms with Crippen molar-refractivity contribution >= 4 is 36.2 Å². The molecule has 4 heterocycles. The molecule has 2 bridgehead atoms. The number of allylic oxidation sites excluding steroid dienone is 6. The van der Waals surface area contributed by atoms with Gasteiger partial charge < -0.3 is 64.1 Å². The molecule has 0 spiro atoms. The van der Waals surface area contributed by atoms with Crippen LogP contribution in [0.1, 0.15) is 57.3 Å². The van der Waals surface area contributed by atoms with Crippen LogP contribution in [0.15, 0.2) is 89.5 Å². The highest BCUT2D eigenvalue weighted by atomic mass is 79.9. The number of hydrogen-bond acceptors (Lipinski definition) is 15. The van der Waals surface area contributed by atoms with Gasteiger partial charge in [-0.15, -0.1) is 0 Å². The van der Waals surface area contributed by atoms with Crippen molar-refractivity contribution in [3.8, 4) is 0 Å². The van der Waals surface area contributed by atoms with Crippen molar-refractivity contribution in [2.24, 2.45) is 5.92 Å². The van der Waals surface area contributed by atoms with Gasteiger partial charge in [-0.05, 0) is 37.6 Å². The Morgan fingerprint density at radius 2 is 1.62 bits per heavy atom. The SMILES string of the molecule is C[C@@H]1C/C=C/C=C/C=C/C=C/[C@H](O[C@@H]2O[C@H](C)[C@@H](O)[C@H](NC(c3ccc(Br)cc3)P(O)O)[C@@H]2O)C[C@@H]2O[C@](O)(C[C@@H](O)C[C@H]3O[C@@H]3/C=C/C(=O)O1)C[C@H](O)[C@H]2C(=O)O. The Morgan fingerprint density at radius 3 is 2.31 bits per heavy atom. The molecule has 18 heteroatoms. The largest absolute Gasteiger partial charge is 0.481 e. The normalized spacial score (nSPS) is 41.2. The summed E-state index contributed by atoms with van der Waals surface area (Å²) in [5.74, 6) is -6.73. The molecule has 0 saturated carbocycles. The van der Waals surface area contributed by atoms with Crippen LogP contribution >= 0.6 is 24.3 Å². The van der Waals surface area contributed by atoms with Crippen LogP contribution in [0.25, 0.3) is 0 Å². The van der Waals surface area contributed by atoms with E-state index in [1.807, 2.05) is 6.08 Å². The van der Waals surface area contributed by atoms with E-state index in [1.165, 1.54) is 12.2 Å². The number of fused-ring (bicyclic) bond motifs is 3. The van der Waals surface area contributed by atoms with E-state index in [1.54, 1.807) is 80.6 Å². The minimum atomic E-state index is -2.65. The number of esters is 1. The maximum Gasteiger partial charge on any atom is 0.330 e. The number of ether oxygens (including phenoxy) is 5. The molecule has 0 aliphatic carbocycles. The number of aliphatic hydroxyl groups is 5. The molecule has 1 unspecified atom stereocenters. The quantitative estimate of drug-likeness (QED) is 0.108. The first-order chi connectivity index (χ1) is 27.5. The number of rotatable bonds is 7. The number of halogens is 1. The number of cyclic esters (lactones) is 1. The summed E-state index contributed by atoms with van der Waals surface area (Å²) < 4.78 is 29.9. The van der Waals surface area contributed by atoms with Crippen LogP contribution in [0.3, 0.4) is 0 Å². The van der Waals surface area contributed by atoms with Gasteiger partial charge in [0.1, 0.15) is 30.0 Å². The van der Waals surface area contributed by atoms with Gasteiger partial charge in [0, 0.05) is 42.7 Å². The second-order valence-corrected chi connectivity index (χ2v) is 17.0. The van der Waals surface area contributed by atoms with Crippen LogP contribution in [0.5, 0.6) is 0 Å². The summed E-state index contributed by atoms with van der Waals surface area (Å²) in [6.45, 7) is 3.30. The van der Waals surface area contributed by atoms with Crippen LogP contribution in [-0.4, -0.2) is 132 Å². The predicted octanol–water partition coefficient (Wildman–Crippen LogP) is 2.51. The van der Waals surface area contributed by atoms with Crippen LogP contribution in [0, 0.1) is 5.92 Å². The Morgan fingerprint density at radius 1 is 0.931 bits per heavy atom. The number of nitrogens with one attached hydrogen (secondary N) is 1. The summed E-state index contributed by atoms with van der Waals surface area (Å²) >= 11 is 3.35. The number of aliphatic hydroxyl groups excluding tert-OH is 4. The molecule has 0 amide bonds. The first kappa shape index (κ1) is 46.4. The summed E-state index contributed by atoms with van der Waals surface area (Å²) in [5.41, 5.74) is 0.480. The summed E-state index contributed by atoms with van der Waals surface area (Å²) in [7, 11) is -2.65. The third-order valence-electron chi connectivity index (χ3n) is 10.3. The average molecular weight is 899 g/mol. The van der Waals surface area contributed by atoms with Crippen molar-refractivity contribution < 1.29 is 73.7 Å². The Labute approximate surface area is 346 Å². The molecule has 3 fully saturated rings. The standard InChI is InChI=1S/C40H53BrNO15P/c1-22-10-8-6-4-3-5-7-9-11-27(55-39-36(47)34(35(46)23(2)54-39)42-37(58(51)52)24-12-14-25(41)15-13-24)19-31-33(38(48)49)28(44)21-40(50,57-31)20-26(43)18-30-29(56-30)16-17-32(45)53-22/h3-9,11-17,22-23,26-31,33-37,39,42-44,46-47,50-52H,10,18-21H2,1-2H3,(H,48,49)/b4-3+,7-5+,8-6+,11-9+,17-16+/t22-,23-,26+,27+,28+,29-,30-,31+,33-,34+,35-,36+,37?,39+,40-/m1/s1. The zero-order chi connectivity index (χ0) is 42.1. The number of carbonyl (C=O) groups excluding carboxylic acids is 1. The van der Waals surface area contributed by atoms with Gasteiger partial charge in [-0.25, -0.2) is 4.79 Å². The lowest BCUT2D eigenvalue weighted by Gasteiger charge is -2.46. The van der Waals surface area contributed by atoms with E-state index in [0.717, 1.165) is 4.47 Å². The Balaban J connectivity index is 1.41. The van der Waals surface area contributed by atoms with Crippen molar-refractivity contribution in [2.75, 3.05) is 0 Å². The zero-order valence-corrected chi connectivity index (χ0v) is 34.4. The molecule has 0 aromatic heterocycles. The van der Waals surface area contributed by atoms with Gasteiger partial charge in [0.25, 0.3) is 0 Å². The molecule has 16 nitrogen and oxygen atoms in total. The summed E-state index contributed by atoms with van der Waals surface area (Å²) in [4.78, 5) is 45.5. The summed E-state index contributed by atoms with van der Waals surface area (Å²) in [6.07, 6.45) is 3.74. The Bertz CT molecular complexity index is 1680. The fraction of sp³-hybridized carbons (Fsp3) is 0.550. The van der Waals surface area contributed by atoms with Crippen molar-refractivity contribution in [1.82, 2.24) is 5.32 Å². The highest BCUT2D eigenvalue weighted by Crippen LogP contribution is 2.44. The van der Waals surface area contributed by atoms with E-state index in [2.05, 4.69) is 21.2 Å². The Kier molecular flexibility index (Phi) is 16.9. The van der Waals surface area contributed by atoms with Crippen molar-refractivity contribution in [3.05, 3.63) is 95.1 Å². The number of hydrogen-bond donors (Lipinski definition) is 9. The molecule has 0 radical (unpaired) electrons. The van der Waals surface area contributed by atoms with Gasteiger partial charge in [-0.1, -0.05) is 76.7 Å². The fourth-order valence-electron chi connectivity index (χ4n) is 7.29. The van der Waals surface area contributed by atoms with E-state index < -0.39 is 124 Å². The van der Waals surface area contributed by atoms with Crippen LogP contribution in [-0.2, 0) is 33.3 Å². The second-order valence-electron chi connectivity index (χ2n) is 15.0. The number of carboxylic acids is 1. The molecule has 1 aromatic rings. The van der Waals surface area contributed by atoms with Gasteiger partial charge in [0.15, 0.2) is 20.5 Å². The topological polar surface area (TPSA) is 257 Å². The van der Waals surface area contributed by atoms with E-state index in [0.29, 0.717) is 12.0 Å². The minimum Gasteiger partial charge on any atom is -0.481 e. The van der Waals surface area contributed by atoms with Crippen LogP contribution < -0.4 is 5.32 Å². The molecule has 320 valence electrons. The first-order valence-corrected chi connectivity index (χ1v) is 21.2. The lowest BCUT2D eigenvalue weighted by Crippen LogP contribution is -2.63. The van der Waals surface area contributed by atoms with Gasteiger partial charge >= 0.3 is 11.9 Å². The monoisotopic (exact) mass is 897 g/mol. The smallest absolute Gasteiger partial charge is 0.330 e. The minimum absolute atomic E-state index is 0.0433. The lowest BCUT2D eigenvalue weighted by atomic mass is 9.83. The number of benzene rings is 1. The highest BCUT2D eigenvalue weighted by molar-refractivity contribution is 9.10. The third kappa shape index (κ3) is 13.1. The first-order valence-electron chi connectivity index (χ1n) is 19.1. The van der Waals surface area contributed by atoms with Crippen LogP contribution in [0.4, 0.5) is 0 Å². The van der Waals surface area contributed by atoms with Crippen molar-refractivity contribution in [3.63, 3.8) is 0 Å². The molecular weight excluding hydrogens is 845 g/mol. The van der Waals surface area contributed by atoms with E-state index in [9.17, 15) is 50.0 Å². The third-order valence-corrected chi connectivity index (χ3v) is 11.7. The maximum atomic E-state index is 12.5. The Hall–Kier alpha value is -2.71. The number of epoxide rings is 1. The summed E-state index contributed by atoms with van der Waals surface area (Å²) in [5, 5.41) is 69.5. The van der Waals surface area contributed by atoms with Crippen molar-refractivity contribution in [1.29, 1.82) is 0 Å². The fourth-order valence-corrected chi connectivity index (χ4v) is 8.30. The van der Waals surface area contributed by atoms with Crippen LogP contribution in [0.2, 0.25) is 0 Å². The van der Waals surface area contributed by atoms with E-state index in [-0.39, 0.29) is 12.8 Å². The predicted molar refractivity (Wildman–Crippen MR) is 212 cm³/mol. The molecular formula is C40H53BrNO15P. The molecule has 3 saturated heterocycles. The van der Waals surface area contributed by atoms with Gasteiger partial charge in [-0.3, -0.25) is 10.1 Å². The highest BCUT2D eigenvalue weighted by Gasteiger charge is 2.52. The molecule has 9 N–H and O–H groups in total. The molecule has 4 aliphatic rings. The lowest BCUT2D eigenvalue weighted by molar-refractivity contribution is -0.309. The molecule has 5 rings (SSSR count). The number of carbonyl (C=O) groups is 2. The zero-order valence-electron chi connectivity index (χ0n) is 32.0. The maximum absolute atomic E-state index is 12.5. The molecule has 1 aromatic carbocycles. The molecule has 58 heavy (non-hydrogen) atoms. The van der Waals surface area contributed by atoms with E-state index >= 15 is 0 Å². The van der Waals surface area contributed by atoms with Gasteiger partial charge in [-0.2, -0.15) is 0 Å². The van der Waals surface area contributed by atoms with Crippen molar-refractivity contribution in [2.45, 2.75) is 131 Å². The van der Waals surface area contributed by atoms with Gasteiger partial charge in [0.2, 0.25) is 0 Å². The molecule has 4 aliphatic heterocycles. The van der Waals surface area contributed by atoms with E-state index in [4.69, 9.17) is 23.7 Å². The number of carboxylic acid groups (broad SMARTS) is 1. The average Bonchev–Trinajstić information content (AvgIpc) is 3.88. The van der Waals surface area contributed by atoms with Gasteiger partial charge in [0.05, 0.1) is 48.8 Å². The number of aliphatic carboxylic acids is 1. The second kappa shape index (κ2) is 21.2.